The molecule has 106 valence electrons. The van der Waals surface area contributed by atoms with Crippen molar-refractivity contribution in [3.8, 4) is 0 Å². The first kappa shape index (κ1) is 14.3. The number of hydrogen-bond donors (Lipinski definition) is 1. The van der Waals surface area contributed by atoms with Crippen LogP contribution in [-0.4, -0.2) is 10.9 Å². The van der Waals surface area contributed by atoms with Gasteiger partial charge in [0.25, 0.3) is 5.91 Å². The third-order valence-corrected chi connectivity index (χ3v) is 4.93. The molecule has 0 spiro atoms. The molecule has 6 heteroatoms. The fourth-order valence-corrected chi connectivity index (χ4v) is 3.62. The minimum Gasteiger partial charge on any atom is -0.297 e. The van der Waals surface area contributed by atoms with Gasteiger partial charge in [0.2, 0.25) is 0 Å². The Hall–Kier alpha value is -1.69. The number of anilines is 1. The zero-order chi connectivity index (χ0) is 14.7. The third kappa shape index (κ3) is 3.69. The molecule has 2 heterocycles. The summed E-state index contributed by atoms with van der Waals surface area (Å²) < 4.78 is 0.601. The number of benzene rings is 1. The molecule has 0 aliphatic heterocycles. The molecular weight excluding hydrogens is 324 g/mol. The first-order chi connectivity index (χ1) is 10.2. The van der Waals surface area contributed by atoms with Crippen LogP contribution in [-0.2, 0) is 6.42 Å². The zero-order valence-corrected chi connectivity index (χ0v) is 13.3. The summed E-state index contributed by atoms with van der Waals surface area (Å²) in [4.78, 5) is 17.9. The Morgan fingerprint density at radius 1 is 1.14 bits per heavy atom. The highest BCUT2D eigenvalue weighted by molar-refractivity contribution is 7.18. The van der Waals surface area contributed by atoms with Crippen LogP contribution < -0.4 is 5.32 Å². The van der Waals surface area contributed by atoms with Gasteiger partial charge in [-0.2, -0.15) is 0 Å². The minimum absolute atomic E-state index is 0.174. The fourth-order valence-electron chi connectivity index (χ4n) is 1.84. The molecule has 0 fully saturated rings. The molecular formula is C15H11ClN2OS2. The quantitative estimate of drug-likeness (QED) is 0.751. The summed E-state index contributed by atoms with van der Waals surface area (Å²) in [7, 11) is 0. The molecule has 3 nitrogen and oxygen atoms in total. The molecule has 3 aromatic rings. The maximum atomic E-state index is 12.0. The summed E-state index contributed by atoms with van der Waals surface area (Å²) >= 11 is 8.57. The van der Waals surface area contributed by atoms with E-state index in [9.17, 15) is 4.79 Å². The summed E-state index contributed by atoms with van der Waals surface area (Å²) in [5.74, 6) is -0.174. The number of thiophene rings is 1. The van der Waals surface area contributed by atoms with Gasteiger partial charge in [0.05, 0.1) is 9.21 Å². The summed E-state index contributed by atoms with van der Waals surface area (Å²) in [6, 6.07) is 13.6. The van der Waals surface area contributed by atoms with Gasteiger partial charge in [0.1, 0.15) is 0 Å². The van der Waals surface area contributed by atoms with Crippen molar-refractivity contribution < 1.29 is 4.79 Å². The normalized spacial score (nSPS) is 10.5. The summed E-state index contributed by atoms with van der Waals surface area (Å²) in [5, 5.41) is 3.40. The van der Waals surface area contributed by atoms with E-state index < -0.39 is 0 Å². The van der Waals surface area contributed by atoms with E-state index in [4.69, 9.17) is 11.6 Å². The highest BCUT2D eigenvalue weighted by Crippen LogP contribution is 2.25. The molecule has 1 amide bonds. The topological polar surface area (TPSA) is 42.0 Å². The first-order valence-corrected chi connectivity index (χ1v) is 8.27. The van der Waals surface area contributed by atoms with Crippen LogP contribution in [0, 0.1) is 0 Å². The second-order valence-electron chi connectivity index (χ2n) is 4.35. The van der Waals surface area contributed by atoms with Crippen LogP contribution in [0.1, 0.15) is 20.1 Å². The molecule has 21 heavy (non-hydrogen) atoms. The third-order valence-electron chi connectivity index (χ3n) is 2.79. The van der Waals surface area contributed by atoms with Crippen molar-refractivity contribution >= 4 is 45.3 Å². The second kappa shape index (κ2) is 6.39. The van der Waals surface area contributed by atoms with Gasteiger partial charge in [-0.15, -0.1) is 22.7 Å². The summed E-state index contributed by atoms with van der Waals surface area (Å²) in [6.07, 6.45) is 2.62. The molecule has 0 aliphatic rings. The number of halogens is 1. The van der Waals surface area contributed by atoms with Gasteiger partial charge in [-0.05, 0) is 17.7 Å². The minimum atomic E-state index is -0.174. The number of amides is 1. The largest absolute Gasteiger partial charge is 0.297 e. The number of thiazole rings is 1. The lowest BCUT2D eigenvalue weighted by molar-refractivity contribution is 0.103. The molecule has 1 aromatic carbocycles. The Kier molecular flexibility index (Phi) is 4.34. The van der Waals surface area contributed by atoms with Gasteiger partial charge >= 0.3 is 0 Å². The van der Waals surface area contributed by atoms with Gasteiger partial charge < -0.3 is 0 Å². The van der Waals surface area contributed by atoms with Crippen molar-refractivity contribution in [1.82, 2.24) is 4.98 Å². The molecule has 3 rings (SSSR count). The van der Waals surface area contributed by atoms with Crippen molar-refractivity contribution in [2.24, 2.45) is 0 Å². The van der Waals surface area contributed by atoms with Gasteiger partial charge in [-0.25, -0.2) is 4.98 Å². The van der Waals surface area contributed by atoms with Crippen molar-refractivity contribution in [2.75, 3.05) is 5.32 Å². The van der Waals surface area contributed by atoms with Gasteiger partial charge in [-0.1, -0.05) is 41.9 Å². The lowest BCUT2D eigenvalue weighted by Gasteiger charge is -1.98. The Bertz CT molecular complexity index is 752. The Morgan fingerprint density at radius 3 is 2.67 bits per heavy atom. The molecule has 2 aromatic heterocycles. The molecule has 1 N–H and O–H groups in total. The van der Waals surface area contributed by atoms with Crippen molar-refractivity contribution in [3.63, 3.8) is 0 Å². The smallest absolute Gasteiger partial charge is 0.267 e. The Balaban J connectivity index is 1.66. The Morgan fingerprint density at radius 2 is 1.95 bits per heavy atom. The summed E-state index contributed by atoms with van der Waals surface area (Å²) in [6.45, 7) is 0. The van der Waals surface area contributed by atoms with Crippen LogP contribution in [0.25, 0.3) is 0 Å². The maximum absolute atomic E-state index is 12.0. The summed E-state index contributed by atoms with van der Waals surface area (Å²) in [5.41, 5.74) is 1.23. The highest BCUT2D eigenvalue weighted by atomic mass is 35.5. The van der Waals surface area contributed by atoms with Crippen molar-refractivity contribution in [2.45, 2.75) is 6.42 Å². The number of aromatic nitrogens is 1. The van der Waals surface area contributed by atoms with Crippen molar-refractivity contribution in [1.29, 1.82) is 0 Å². The van der Waals surface area contributed by atoms with Crippen molar-refractivity contribution in [3.05, 3.63) is 68.3 Å². The molecule has 0 aliphatic carbocycles. The first-order valence-electron chi connectivity index (χ1n) is 6.26. The Labute approximate surface area is 135 Å². The van der Waals surface area contributed by atoms with Crippen LogP contribution in [0.3, 0.4) is 0 Å². The number of carbonyl (C=O) groups excluding carboxylic acids is 1. The number of carbonyl (C=O) groups is 1. The van der Waals surface area contributed by atoms with Crippen LogP contribution in [0.4, 0.5) is 5.13 Å². The number of nitrogens with one attached hydrogen (secondary N) is 1. The molecule has 0 saturated heterocycles. The number of hydrogen-bond acceptors (Lipinski definition) is 4. The van der Waals surface area contributed by atoms with Gasteiger partial charge in [-0.3, -0.25) is 10.1 Å². The molecule has 0 unspecified atom stereocenters. The lowest BCUT2D eigenvalue weighted by atomic mass is 10.1. The van der Waals surface area contributed by atoms with E-state index in [1.54, 1.807) is 18.3 Å². The second-order valence-corrected chi connectivity index (χ2v) is 7.18. The maximum Gasteiger partial charge on any atom is 0.267 e. The predicted octanol–water partition coefficient (Wildman–Crippen LogP) is 4.70. The number of nitrogens with zero attached hydrogens (tertiary/aromatic N) is 1. The van der Waals surface area contributed by atoms with Gasteiger partial charge in [0.15, 0.2) is 5.13 Å². The van der Waals surface area contributed by atoms with Crippen LogP contribution in [0.5, 0.6) is 0 Å². The molecule has 0 atom stereocenters. The van der Waals surface area contributed by atoms with E-state index in [0.717, 1.165) is 11.3 Å². The molecule has 0 saturated carbocycles. The van der Waals surface area contributed by atoms with E-state index in [1.807, 2.05) is 18.2 Å². The van der Waals surface area contributed by atoms with E-state index >= 15 is 0 Å². The van der Waals surface area contributed by atoms with E-state index in [1.165, 1.54) is 28.2 Å². The van der Waals surface area contributed by atoms with Crippen LogP contribution in [0.15, 0.2) is 48.7 Å². The zero-order valence-electron chi connectivity index (χ0n) is 10.9. The monoisotopic (exact) mass is 334 g/mol. The molecule has 0 bridgehead atoms. The molecule has 0 radical (unpaired) electrons. The highest BCUT2D eigenvalue weighted by Gasteiger charge is 2.11. The fraction of sp³-hybridized carbons (Fsp3) is 0.0667. The standard InChI is InChI=1S/C15H11ClN2OS2/c16-13-7-6-12(21-13)14(19)18-15-17-9-11(20-15)8-10-4-2-1-3-5-10/h1-7,9H,8H2,(H,17,18,19). The number of rotatable bonds is 4. The van der Waals surface area contributed by atoms with E-state index in [2.05, 4.69) is 22.4 Å². The van der Waals surface area contributed by atoms with Crippen LogP contribution in [0.2, 0.25) is 4.34 Å². The lowest BCUT2D eigenvalue weighted by Crippen LogP contribution is -2.09. The van der Waals surface area contributed by atoms with Crippen LogP contribution >= 0.6 is 34.3 Å². The van der Waals surface area contributed by atoms with E-state index in [-0.39, 0.29) is 5.91 Å². The van der Waals surface area contributed by atoms with E-state index in [0.29, 0.717) is 14.3 Å². The average Bonchev–Trinajstić information content (AvgIpc) is 3.09. The van der Waals surface area contributed by atoms with Gasteiger partial charge in [0, 0.05) is 17.5 Å². The average molecular weight is 335 g/mol. The predicted molar refractivity (Wildman–Crippen MR) is 88.6 cm³/mol. The SMILES string of the molecule is O=C(Nc1ncc(Cc2ccccc2)s1)c1ccc(Cl)s1.